The van der Waals surface area contributed by atoms with Crippen molar-refractivity contribution in [1.82, 2.24) is 0 Å². The van der Waals surface area contributed by atoms with Crippen LogP contribution in [0.5, 0.6) is 11.5 Å². The zero-order valence-electron chi connectivity index (χ0n) is 11.3. The third-order valence-electron chi connectivity index (χ3n) is 3.25. The van der Waals surface area contributed by atoms with Crippen molar-refractivity contribution >= 4 is 33.3 Å². The third kappa shape index (κ3) is 2.78. The first-order chi connectivity index (χ1) is 10.1. The summed E-state index contributed by atoms with van der Waals surface area (Å²) in [5, 5.41) is 0.358. The second kappa shape index (κ2) is 5.70. The first-order valence-corrected chi connectivity index (χ1v) is 7.63. The van der Waals surface area contributed by atoms with Gasteiger partial charge in [0.25, 0.3) is 0 Å². The predicted molar refractivity (Wildman–Crippen MR) is 84.8 cm³/mol. The fraction of sp³-hybridized carbons (Fsp3) is 0.188. The number of benzene rings is 2. The summed E-state index contributed by atoms with van der Waals surface area (Å²) in [5.41, 5.74) is 2.05. The molecule has 0 spiro atoms. The number of aryl methyl sites for hydroxylation is 1. The molecule has 1 aliphatic rings. The van der Waals surface area contributed by atoms with E-state index in [2.05, 4.69) is 15.9 Å². The molecule has 0 atom stereocenters. The van der Waals surface area contributed by atoms with E-state index >= 15 is 0 Å². The van der Waals surface area contributed by atoms with Gasteiger partial charge in [-0.15, -0.1) is 0 Å². The number of carbonyl (C=O) groups excluding carboxylic acids is 1. The van der Waals surface area contributed by atoms with Crippen LogP contribution in [0, 0.1) is 6.92 Å². The van der Waals surface area contributed by atoms with Gasteiger partial charge in [-0.3, -0.25) is 4.79 Å². The number of hydrogen-bond donors (Lipinski definition) is 0. The lowest BCUT2D eigenvalue weighted by Crippen LogP contribution is -2.16. The molecule has 5 heteroatoms. The van der Waals surface area contributed by atoms with Gasteiger partial charge in [-0.2, -0.15) is 0 Å². The Hall–Kier alpha value is -1.52. The maximum absolute atomic E-state index is 12.7. The minimum Gasteiger partial charge on any atom is -0.486 e. The molecular formula is C16H12BrClO3. The smallest absolute Gasteiger partial charge is 0.195 e. The SMILES string of the molecule is Cc1ccc(C(=O)c2cc3c(cc2Cl)OCCO3)c(Br)c1. The summed E-state index contributed by atoms with van der Waals surface area (Å²) >= 11 is 9.64. The number of ether oxygens (including phenoxy) is 2. The van der Waals surface area contributed by atoms with Crippen molar-refractivity contribution in [2.45, 2.75) is 6.92 Å². The lowest BCUT2D eigenvalue weighted by atomic mass is 10.0. The first-order valence-electron chi connectivity index (χ1n) is 6.46. The van der Waals surface area contributed by atoms with Crippen LogP contribution >= 0.6 is 27.5 Å². The van der Waals surface area contributed by atoms with E-state index < -0.39 is 0 Å². The molecule has 21 heavy (non-hydrogen) atoms. The highest BCUT2D eigenvalue weighted by molar-refractivity contribution is 9.10. The predicted octanol–water partition coefficient (Wildman–Crippen LogP) is 4.41. The second-order valence-corrected chi connectivity index (χ2v) is 6.05. The topological polar surface area (TPSA) is 35.5 Å². The van der Waals surface area contributed by atoms with Gasteiger partial charge in [-0.25, -0.2) is 0 Å². The van der Waals surface area contributed by atoms with Crippen molar-refractivity contribution in [2.24, 2.45) is 0 Å². The Morgan fingerprint density at radius 3 is 2.43 bits per heavy atom. The van der Waals surface area contributed by atoms with Crippen LogP contribution in [0.4, 0.5) is 0 Å². The zero-order chi connectivity index (χ0) is 15.0. The van der Waals surface area contributed by atoms with Crippen LogP contribution in [0.3, 0.4) is 0 Å². The van der Waals surface area contributed by atoms with Gasteiger partial charge in [0, 0.05) is 21.7 Å². The quantitative estimate of drug-likeness (QED) is 0.737. The molecule has 3 nitrogen and oxygen atoms in total. The highest BCUT2D eigenvalue weighted by Crippen LogP contribution is 2.36. The standard InChI is InChI=1S/C16H12BrClO3/c1-9-2-3-10(12(17)6-9)16(19)11-7-14-15(8-13(11)18)21-5-4-20-14/h2-3,6-8H,4-5H2,1H3. The molecule has 1 aliphatic heterocycles. The van der Waals surface area contributed by atoms with Crippen molar-refractivity contribution in [3.05, 3.63) is 56.5 Å². The molecule has 0 fully saturated rings. The summed E-state index contributed by atoms with van der Waals surface area (Å²) in [7, 11) is 0. The van der Waals surface area contributed by atoms with Crippen LogP contribution in [0.25, 0.3) is 0 Å². The summed E-state index contributed by atoms with van der Waals surface area (Å²) in [4.78, 5) is 12.7. The summed E-state index contributed by atoms with van der Waals surface area (Å²) < 4.78 is 11.7. The van der Waals surface area contributed by atoms with Gasteiger partial charge in [0.2, 0.25) is 0 Å². The van der Waals surface area contributed by atoms with Crippen LogP contribution in [0.2, 0.25) is 5.02 Å². The summed E-state index contributed by atoms with van der Waals surface area (Å²) in [6.07, 6.45) is 0. The van der Waals surface area contributed by atoms with Crippen LogP contribution < -0.4 is 9.47 Å². The van der Waals surface area contributed by atoms with E-state index in [1.54, 1.807) is 18.2 Å². The fourth-order valence-corrected chi connectivity index (χ4v) is 3.10. The number of carbonyl (C=O) groups is 1. The molecule has 0 unspecified atom stereocenters. The van der Waals surface area contributed by atoms with Gasteiger partial charge in [-0.1, -0.05) is 33.6 Å². The van der Waals surface area contributed by atoms with Gasteiger partial charge >= 0.3 is 0 Å². The molecule has 2 aromatic rings. The molecule has 108 valence electrons. The van der Waals surface area contributed by atoms with Gasteiger partial charge < -0.3 is 9.47 Å². The van der Waals surface area contributed by atoms with Crippen LogP contribution in [0.15, 0.2) is 34.8 Å². The van der Waals surface area contributed by atoms with E-state index in [4.69, 9.17) is 21.1 Å². The normalized spacial score (nSPS) is 13.1. The summed E-state index contributed by atoms with van der Waals surface area (Å²) in [6, 6.07) is 8.86. The molecule has 0 N–H and O–H groups in total. The van der Waals surface area contributed by atoms with Crippen molar-refractivity contribution < 1.29 is 14.3 Å². The highest BCUT2D eigenvalue weighted by atomic mass is 79.9. The monoisotopic (exact) mass is 366 g/mol. The molecule has 0 saturated heterocycles. The number of fused-ring (bicyclic) bond motifs is 1. The summed E-state index contributed by atoms with van der Waals surface area (Å²) in [6.45, 7) is 2.92. The maximum Gasteiger partial charge on any atom is 0.195 e. The second-order valence-electron chi connectivity index (χ2n) is 4.79. The molecular weight excluding hydrogens is 356 g/mol. The van der Waals surface area contributed by atoms with Crippen LogP contribution in [-0.4, -0.2) is 19.0 Å². The van der Waals surface area contributed by atoms with E-state index in [0.717, 1.165) is 10.0 Å². The third-order valence-corrected chi connectivity index (χ3v) is 4.21. The van der Waals surface area contributed by atoms with Gasteiger partial charge in [0.05, 0.1) is 5.02 Å². The number of halogens is 2. The van der Waals surface area contributed by atoms with Crippen molar-refractivity contribution in [1.29, 1.82) is 0 Å². The molecule has 0 aromatic heterocycles. The van der Waals surface area contributed by atoms with E-state index in [1.165, 1.54) is 0 Å². The lowest BCUT2D eigenvalue weighted by Gasteiger charge is -2.19. The first kappa shape index (κ1) is 14.4. The number of rotatable bonds is 2. The largest absolute Gasteiger partial charge is 0.486 e. The van der Waals surface area contributed by atoms with Crippen molar-refractivity contribution in [3.8, 4) is 11.5 Å². The minimum atomic E-state index is -0.149. The van der Waals surface area contributed by atoms with Gasteiger partial charge in [0.15, 0.2) is 17.3 Å². The average molecular weight is 368 g/mol. The Labute approximate surface area is 136 Å². The molecule has 0 aliphatic carbocycles. The molecule has 0 bridgehead atoms. The molecule has 0 saturated carbocycles. The Balaban J connectivity index is 2.05. The molecule has 3 rings (SSSR count). The zero-order valence-corrected chi connectivity index (χ0v) is 13.6. The minimum absolute atomic E-state index is 0.149. The summed E-state index contributed by atoms with van der Waals surface area (Å²) in [5.74, 6) is 0.979. The molecule has 2 aromatic carbocycles. The van der Waals surface area contributed by atoms with E-state index in [-0.39, 0.29) is 5.78 Å². The molecule has 1 heterocycles. The maximum atomic E-state index is 12.7. The van der Waals surface area contributed by atoms with Gasteiger partial charge in [0.1, 0.15) is 13.2 Å². The van der Waals surface area contributed by atoms with Gasteiger partial charge in [-0.05, 0) is 30.7 Å². The van der Waals surface area contributed by atoms with Crippen molar-refractivity contribution in [2.75, 3.05) is 13.2 Å². The van der Waals surface area contributed by atoms with Crippen molar-refractivity contribution in [3.63, 3.8) is 0 Å². The Morgan fingerprint density at radius 1 is 1.10 bits per heavy atom. The van der Waals surface area contributed by atoms with E-state index in [0.29, 0.717) is 40.9 Å². The fourth-order valence-electron chi connectivity index (χ4n) is 2.19. The average Bonchev–Trinajstić information content (AvgIpc) is 2.46. The highest BCUT2D eigenvalue weighted by Gasteiger charge is 2.21. The Bertz CT molecular complexity index is 728. The lowest BCUT2D eigenvalue weighted by molar-refractivity contribution is 0.103. The molecule has 0 radical (unpaired) electrons. The van der Waals surface area contributed by atoms with Crippen LogP contribution in [0.1, 0.15) is 21.5 Å². The van der Waals surface area contributed by atoms with E-state index in [1.807, 2.05) is 19.1 Å². The van der Waals surface area contributed by atoms with E-state index in [9.17, 15) is 4.79 Å². The molecule has 0 amide bonds. The van der Waals surface area contributed by atoms with Crippen LogP contribution in [-0.2, 0) is 0 Å². The Kier molecular flexibility index (Phi) is 3.91. The number of hydrogen-bond acceptors (Lipinski definition) is 3. The number of ketones is 1. The Morgan fingerprint density at radius 2 is 1.76 bits per heavy atom.